The number of nitrogens with two attached hydrogens (primary N) is 1. The number of piperidine rings is 1. The summed E-state index contributed by atoms with van der Waals surface area (Å²) >= 11 is 0. The number of benzene rings is 2. The van der Waals surface area contributed by atoms with E-state index in [4.69, 9.17) is 10.2 Å². The molecule has 1 saturated heterocycles. The third kappa shape index (κ3) is 3.05. The van der Waals surface area contributed by atoms with Crippen LogP contribution in [0.1, 0.15) is 36.0 Å². The first-order valence-electron chi connectivity index (χ1n) is 10.5. The molecule has 0 atom stereocenters. The van der Waals surface area contributed by atoms with Crippen LogP contribution in [0.15, 0.2) is 51.7 Å². The van der Waals surface area contributed by atoms with Crippen molar-refractivity contribution in [2.24, 2.45) is 12.8 Å². The van der Waals surface area contributed by atoms with Gasteiger partial charge in [0.1, 0.15) is 16.9 Å². The summed E-state index contributed by atoms with van der Waals surface area (Å²) in [5.41, 5.74) is 7.21. The average Bonchev–Trinajstić information content (AvgIpc) is 3.22. The number of anilines is 1. The largest absolute Gasteiger partial charge is 0.440 e. The van der Waals surface area contributed by atoms with E-state index in [9.17, 15) is 14.0 Å². The minimum atomic E-state index is -0.820. The van der Waals surface area contributed by atoms with Gasteiger partial charge in [-0.2, -0.15) is 0 Å². The lowest BCUT2D eigenvalue weighted by molar-refractivity contribution is 0.0999. The molecule has 0 radical (unpaired) electrons. The molecule has 2 aromatic carbocycles. The van der Waals surface area contributed by atoms with Crippen molar-refractivity contribution in [3.8, 4) is 0 Å². The number of rotatable bonds is 3. The molecule has 0 saturated carbocycles. The van der Waals surface area contributed by atoms with Crippen LogP contribution < -0.4 is 16.2 Å². The van der Waals surface area contributed by atoms with Gasteiger partial charge in [-0.3, -0.25) is 9.59 Å². The Morgan fingerprint density at radius 3 is 2.59 bits per heavy atom. The number of hydrogen-bond donors (Lipinski definition) is 1. The van der Waals surface area contributed by atoms with E-state index in [1.165, 1.54) is 16.7 Å². The Morgan fingerprint density at radius 1 is 1.19 bits per heavy atom. The minimum Gasteiger partial charge on any atom is -0.440 e. The molecular formula is C24H23FN4O3. The maximum absolute atomic E-state index is 14.2. The molecule has 2 N–H and O–H groups in total. The second-order valence-corrected chi connectivity index (χ2v) is 8.65. The van der Waals surface area contributed by atoms with Gasteiger partial charge in [-0.1, -0.05) is 19.1 Å². The highest BCUT2D eigenvalue weighted by Gasteiger charge is 2.38. The lowest BCUT2D eigenvalue weighted by Crippen LogP contribution is -2.43. The number of para-hydroxylation sites is 2. The summed E-state index contributed by atoms with van der Waals surface area (Å²) in [6.45, 7) is 3.18. The predicted octanol–water partition coefficient (Wildman–Crippen LogP) is 3.48. The second-order valence-electron chi connectivity index (χ2n) is 8.65. The molecule has 2 aromatic heterocycles. The predicted molar refractivity (Wildman–Crippen MR) is 120 cm³/mol. The van der Waals surface area contributed by atoms with Crippen molar-refractivity contribution in [1.29, 1.82) is 0 Å². The topological polar surface area (TPSA) is 94.4 Å². The summed E-state index contributed by atoms with van der Waals surface area (Å²) in [6.07, 6.45) is 1.37. The first-order chi connectivity index (χ1) is 15.3. The van der Waals surface area contributed by atoms with E-state index in [1.54, 1.807) is 13.1 Å². The number of amides is 1. The fraction of sp³-hybridized carbons (Fsp3) is 0.292. The number of primary amides is 1. The standard InChI is InChI=1S/C24H23FN4O3/c1-24(23-27-16-5-3-4-6-18(16)32-23)9-11-29(12-10-24)20-15-13-14(25)7-8-17(15)28(2)22(31)19(20)21(26)30/h3-8,13H,9-12H2,1-2H3,(H2,26,30). The zero-order valence-corrected chi connectivity index (χ0v) is 17.9. The number of hydrogen-bond acceptors (Lipinski definition) is 5. The molecule has 1 amide bonds. The van der Waals surface area contributed by atoms with Gasteiger partial charge in [0, 0.05) is 30.9 Å². The van der Waals surface area contributed by atoms with E-state index in [2.05, 4.69) is 11.9 Å². The first-order valence-corrected chi connectivity index (χ1v) is 10.5. The Bertz CT molecular complexity index is 1400. The van der Waals surface area contributed by atoms with Crippen LogP contribution in [0.25, 0.3) is 22.0 Å². The summed E-state index contributed by atoms with van der Waals surface area (Å²) in [6, 6.07) is 11.8. The molecule has 0 spiro atoms. The molecule has 1 fully saturated rings. The summed E-state index contributed by atoms with van der Waals surface area (Å²) in [7, 11) is 1.55. The van der Waals surface area contributed by atoms with E-state index in [0.29, 0.717) is 48.4 Å². The zero-order valence-electron chi connectivity index (χ0n) is 17.9. The molecule has 7 nitrogen and oxygen atoms in total. The van der Waals surface area contributed by atoms with Crippen molar-refractivity contribution in [3.05, 3.63) is 70.1 Å². The SMILES string of the molecule is Cn1c(=O)c(C(N)=O)c(N2CCC(C)(c3nc4ccccc4o3)CC2)c2cc(F)ccc21. The Kier molecular flexibility index (Phi) is 4.54. The number of aryl methyl sites for hydroxylation is 1. The van der Waals surface area contributed by atoms with Gasteiger partial charge in [0.15, 0.2) is 5.58 Å². The fourth-order valence-corrected chi connectivity index (χ4v) is 4.62. The Hall–Kier alpha value is -3.68. The van der Waals surface area contributed by atoms with Crippen LogP contribution in [-0.2, 0) is 12.5 Å². The van der Waals surface area contributed by atoms with Crippen LogP contribution in [0.4, 0.5) is 10.1 Å². The van der Waals surface area contributed by atoms with Crippen molar-refractivity contribution in [3.63, 3.8) is 0 Å². The molecule has 164 valence electrons. The molecule has 3 heterocycles. The van der Waals surface area contributed by atoms with Crippen LogP contribution in [0.5, 0.6) is 0 Å². The molecule has 4 aromatic rings. The van der Waals surface area contributed by atoms with Crippen molar-refractivity contribution >= 4 is 33.6 Å². The van der Waals surface area contributed by atoms with Crippen LogP contribution in [-0.4, -0.2) is 28.5 Å². The number of pyridine rings is 1. The van der Waals surface area contributed by atoms with Crippen molar-refractivity contribution < 1.29 is 13.6 Å². The molecule has 1 aliphatic rings. The molecule has 0 aliphatic carbocycles. The summed E-state index contributed by atoms with van der Waals surface area (Å²) in [5, 5.41) is 0.492. The molecule has 1 aliphatic heterocycles. The lowest BCUT2D eigenvalue weighted by atomic mass is 9.80. The van der Waals surface area contributed by atoms with Gasteiger partial charge in [-0.25, -0.2) is 9.37 Å². The fourth-order valence-electron chi connectivity index (χ4n) is 4.62. The molecule has 0 bridgehead atoms. The third-order valence-corrected chi connectivity index (χ3v) is 6.57. The van der Waals surface area contributed by atoms with Gasteiger partial charge in [0.05, 0.1) is 11.2 Å². The van der Waals surface area contributed by atoms with Gasteiger partial charge in [-0.05, 0) is 43.2 Å². The summed E-state index contributed by atoms with van der Waals surface area (Å²) in [4.78, 5) is 31.8. The van der Waals surface area contributed by atoms with Crippen LogP contribution in [0.2, 0.25) is 0 Å². The molecular weight excluding hydrogens is 411 g/mol. The maximum Gasteiger partial charge on any atom is 0.265 e. The number of carbonyl (C=O) groups is 1. The maximum atomic E-state index is 14.2. The number of halogens is 1. The number of oxazole rings is 1. The highest BCUT2D eigenvalue weighted by atomic mass is 19.1. The first kappa shape index (κ1) is 20.2. The monoisotopic (exact) mass is 434 g/mol. The summed E-state index contributed by atoms with van der Waals surface area (Å²) < 4.78 is 21.5. The average molecular weight is 434 g/mol. The smallest absolute Gasteiger partial charge is 0.265 e. The highest BCUT2D eigenvalue weighted by Crippen LogP contribution is 2.39. The van der Waals surface area contributed by atoms with E-state index in [-0.39, 0.29) is 11.0 Å². The Morgan fingerprint density at radius 2 is 1.91 bits per heavy atom. The molecule has 32 heavy (non-hydrogen) atoms. The number of nitrogens with zero attached hydrogens (tertiary/aromatic N) is 3. The normalized spacial score (nSPS) is 16.0. The molecule has 5 rings (SSSR count). The number of carbonyl (C=O) groups excluding carboxylic acids is 1. The second kappa shape index (κ2) is 7.19. The molecule has 8 heteroatoms. The van der Waals surface area contributed by atoms with Crippen LogP contribution in [0, 0.1) is 5.82 Å². The quantitative estimate of drug-likeness (QED) is 0.533. The van der Waals surface area contributed by atoms with Crippen molar-refractivity contribution in [2.45, 2.75) is 25.2 Å². The van der Waals surface area contributed by atoms with Crippen LogP contribution in [0.3, 0.4) is 0 Å². The number of aromatic nitrogens is 2. The zero-order chi connectivity index (χ0) is 22.6. The third-order valence-electron chi connectivity index (χ3n) is 6.57. The minimum absolute atomic E-state index is 0.115. The van der Waals surface area contributed by atoms with Gasteiger partial charge < -0.3 is 19.6 Å². The van der Waals surface area contributed by atoms with E-state index in [1.807, 2.05) is 29.2 Å². The van der Waals surface area contributed by atoms with Crippen LogP contribution >= 0.6 is 0 Å². The van der Waals surface area contributed by atoms with Gasteiger partial charge in [0.2, 0.25) is 5.89 Å². The van der Waals surface area contributed by atoms with E-state index >= 15 is 0 Å². The van der Waals surface area contributed by atoms with E-state index in [0.717, 1.165) is 11.1 Å². The van der Waals surface area contributed by atoms with Crippen molar-refractivity contribution in [1.82, 2.24) is 9.55 Å². The van der Waals surface area contributed by atoms with Gasteiger partial charge >= 0.3 is 0 Å². The highest BCUT2D eigenvalue weighted by molar-refractivity contribution is 6.07. The molecule has 0 unspecified atom stereocenters. The summed E-state index contributed by atoms with van der Waals surface area (Å²) in [5.74, 6) is -0.589. The Labute approximate surface area is 183 Å². The Balaban J connectivity index is 1.57. The lowest BCUT2D eigenvalue weighted by Gasteiger charge is -2.39. The van der Waals surface area contributed by atoms with Gasteiger partial charge in [0.25, 0.3) is 11.5 Å². The van der Waals surface area contributed by atoms with E-state index < -0.39 is 17.3 Å². The van der Waals surface area contributed by atoms with Crippen molar-refractivity contribution in [2.75, 3.05) is 18.0 Å². The van der Waals surface area contributed by atoms with Gasteiger partial charge in [-0.15, -0.1) is 0 Å². The number of fused-ring (bicyclic) bond motifs is 2.